The molecule has 3 nitrogen and oxygen atoms in total. The second-order valence-electron chi connectivity index (χ2n) is 6.19. The summed E-state index contributed by atoms with van der Waals surface area (Å²) in [4.78, 5) is 12.5. The summed E-state index contributed by atoms with van der Waals surface area (Å²) in [5, 5.41) is 3.15. The lowest BCUT2D eigenvalue weighted by atomic mass is 9.84. The highest BCUT2D eigenvalue weighted by Crippen LogP contribution is 2.29. The van der Waals surface area contributed by atoms with Gasteiger partial charge < -0.3 is 11.1 Å². The summed E-state index contributed by atoms with van der Waals surface area (Å²) in [6.45, 7) is 0. The molecule has 0 heterocycles. The topological polar surface area (TPSA) is 55.1 Å². The molecule has 0 aliphatic heterocycles. The van der Waals surface area contributed by atoms with E-state index in [1.165, 1.54) is 24.0 Å². The number of carbonyl (C=O) groups excluding carboxylic acids is 1. The molecule has 0 bridgehead atoms. The fourth-order valence-corrected chi connectivity index (χ4v) is 3.61. The number of anilines is 1. The predicted octanol–water partition coefficient (Wildman–Crippen LogP) is 3.02. The zero-order valence-corrected chi connectivity index (χ0v) is 12.0. The molecular formula is C17H24N2O. The van der Waals surface area contributed by atoms with E-state index in [0.29, 0.717) is 0 Å². The van der Waals surface area contributed by atoms with Gasteiger partial charge >= 0.3 is 0 Å². The molecule has 1 fully saturated rings. The van der Waals surface area contributed by atoms with Gasteiger partial charge in [0, 0.05) is 11.7 Å². The largest absolute Gasteiger partial charge is 0.327 e. The van der Waals surface area contributed by atoms with Crippen molar-refractivity contribution in [3.05, 3.63) is 29.3 Å². The van der Waals surface area contributed by atoms with Gasteiger partial charge in [-0.3, -0.25) is 4.79 Å². The Balaban J connectivity index is 1.75. The zero-order valence-electron chi connectivity index (χ0n) is 12.0. The van der Waals surface area contributed by atoms with E-state index in [-0.39, 0.29) is 17.9 Å². The van der Waals surface area contributed by atoms with Crippen LogP contribution in [-0.4, -0.2) is 11.9 Å². The lowest BCUT2D eigenvalue weighted by Gasteiger charge is -2.28. The molecule has 108 valence electrons. The molecule has 2 aliphatic rings. The van der Waals surface area contributed by atoms with Gasteiger partial charge in [0.15, 0.2) is 0 Å². The quantitative estimate of drug-likeness (QED) is 0.869. The fraction of sp³-hybridized carbons (Fsp3) is 0.588. The highest BCUT2D eigenvalue weighted by atomic mass is 16.1. The number of rotatable bonds is 2. The van der Waals surface area contributed by atoms with E-state index in [4.69, 9.17) is 5.73 Å². The summed E-state index contributed by atoms with van der Waals surface area (Å²) >= 11 is 0. The maximum atomic E-state index is 12.5. The van der Waals surface area contributed by atoms with Crippen molar-refractivity contribution < 1.29 is 4.79 Å². The lowest BCUT2D eigenvalue weighted by molar-refractivity contribution is -0.121. The van der Waals surface area contributed by atoms with Crippen molar-refractivity contribution in [2.24, 2.45) is 11.7 Å². The molecule has 0 spiro atoms. The van der Waals surface area contributed by atoms with Crippen molar-refractivity contribution in [2.45, 2.75) is 57.4 Å². The summed E-state index contributed by atoms with van der Waals surface area (Å²) in [6, 6.07) is 6.32. The van der Waals surface area contributed by atoms with Crippen LogP contribution in [-0.2, 0) is 17.6 Å². The molecule has 2 aliphatic carbocycles. The monoisotopic (exact) mass is 272 g/mol. The first-order valence-electron chi connectivity index (χ1n) is 7.93. The number of hydrogen-bond donors (Lipinski definition) is 2. The molecule has 3 rings (SSSR count). The van der Waals surface area contributed by atoms with Crippen LogP contribution in [0, 0.1) is 5.92 Å². The van der Waals surface area contributed by atoms with E-state index in [0.717, 1.165) is 44.2 Å². The van der Waals surface area contributed by atoms with Crippen molar-refractivity contribution in [2.75, 3.05) is 5.32 Å². The Hall–Kier alpha value is -1.35. The third-order valence-electron chi connectivity index (χ3n) is 4.81. The highest BCUT2D eigenvalue weighted by Gasteiger charge is 2.28. The number of hydrogen-bond acceptors (Lipinski definition) is 2. The van der Waals surface area contributed by atoms with Gasteiger partial charge in [-0.1, -0.05) is 25.0 Å². The zero-order chi connectivity index (χ0) is 13.9. The van der Waals surface area contributed by atoms with Crippen LogP contribution in [0.25, 0.3) is 0 Å². The maximum absolute atomic E-state index is 12.5. The molecule has 1 saturated carbocycles. The van der Waals surface area contributed by atoms with Crippen LogP contribution in [0.15, 0.2) is 18.2 Å². The van der Waals surface area contributed by atoms with E-state index >= 15 is 0 Å². The third-order valence-corrected chi connectivity index (χ3v) is 4.81. The van der Waals surface area contributed by atoms with E-state index < -0.39 is 0 Å². The normalized spacial score (nSPS) is 25.9. The van der Waals surface area contributed by atoms with E-state index in [1.54, 1.807) is 0 Å². The predicted molar refractivity (Wildman–Crippen MR) is 81.6 cm³/mol. The minimum absolute atomic E-state index is 0.0109. The molecule has 3 heteroatoms. The summed E-state index contributed by atoms with van der Waals surface area (Å²) in [7, 11) is 0. The summed E-state index contributed by atoms with van der Waals surface area (Å²) < 4.78 is 0. The molecular weight excluding hydrogens is 248 g/mol. The van der Waals surface area contributed by atoms with Crippen LogP contribution in [0.3, 0.4) is 0 Å². The minimum atomic E-state index is -0.0109. The van der Waals surface area contributed by atoms with Crippen molar-refractivity contribution >= 4 is 11.6 Å². The van der Waals surface area contributed by atoms with E-state index in [2.05, 4.69) is 17.4 Å². The summed E-state index contributed by atoms with van der Waals surface area (Å²) in [6.07, 6.45) is 8.91. The average molecular weight is 272 g/mol. The number of fused-ring (bicyclic) bond motifs is 1. The molecule has 0 aromatic heterocycles. The SMILES string of the molecule is NC1CCCCC1C(=O)Nc1cccc2c1CCCC2. The maximum Gasteiger partial charge on any atom is 0.229 e. The Kier molecular flexibility index (Phi) is 4.06. The number of aryl methyl sites for hydroxylation is 1. The molecule has 0 saturated heterocycles. The smallest absolute Gasteiger partial charge is 0.229 e. The van der Waals surface area contributed by atoms with Gasteiger partial charge in [-0.15, -0.1) is 0 Å². The van der Waals surface area contributed by atoms with Gasteiger partial charge in [0.2, 0.25) is 5.91 Å². The summed E-state index contributed by atoms with van der Waals surface area (Å²) in [5.74, 6) is 0.111. The summed E-state index contributed by atoms with van der Waals surface area (Å²) in [5.41, 5.74) is 9.88. The van der Waals surface area contributed by atoms with Crippen molar-refractivity contribution in [3.63, 3.8) is 0 Å². The Labute approximate surface area is 120 Å². The Morgan fingerprint density at radius 3 is 2.75 bits per heavy atom. The molecule has 2 atom stereocenters. The van der Waals surface area contributed by atoms with Crippen LogP contribution in [0.4, 0.5) is 5.69 Å². The molecule has 20 heavy (non-hydrogen) atoms. The Morgan fingerprint density at radius 1 is 1.10 bits per heavy atom. The second kappa shape index (κ2) is 5.96. The van der Waals surface area contributed by atoms with Crippen LogP contribution in [0.5, 0.6) is 0 Å². The molecule has 1 aromatic carbocycles. The van der Waals surface area contributed by atoms with Crippen LogP contribution < -0.4 is 11.1 Å². The molecule has 2 unspecified atom stereocenters. The number of amides is 1. The van der Waals surface area contributed by atoms with Crippen molar-refractivity contribution in [1.29, 1.82) is 0 Å². The number of carbonyl (C=O) groups is 1. The first-order chi connectivity index (χ1) is 9.75. The number of nitrogens with one attached hydrogen (secondary N) is 1. The van der Waals surface area contributed by atoms with Gasteiger partial charge in [-0.25, -0.2) is 0 Å². The van der Waals surface area contributed by atoms with Crippen LogP contribution in [0.2, 0.25) is 0 Å². The van der Waals surface area contributed by atoms with Crippen LogP contribution in [0.1, 0.15) is 49.7 Å². The van der Waals surface area contributed by atoms with Crippen molar-refractivity contribution in [1.82, 2.24) is 0 Å². The molecule has 1 amide bonds. The molecule has 0 radical (unpaired) electrons. The Bertz CT molecular complexity index is 498. The van der Waals surface area contributed by atoms with Gasteiger partial charge in [0.1, 0.15) is 0 Å². The first-order valence-corrected chi connectivity index (χ1v) is 7.93. The van der Waals surface area contributed by atoms with Gasteiger partial charge in [0.05, 0.1) is 5.92 Å². The molecule has 3 N–H and O–H groups in total. The van der Waals surface area contributed by atoms with E-state index in [1.807, 2.05) is 6.07 Å². The average Bonchev–Trinajstić information content (AvgIpc) is 2.48. The number of nitrogens with two attached hydrogens (primary N) is 1. The Morgan fingerprint density at radius 2 is 1.90 bits per heavy atom. The fourth-order valence-electron chi connectivity index (χ4n) is 3.61. The van der Waals surface area contributed by atoms with Gasteiger partial charge in [0.25, 0.3) is 0 Å². The van der Waals surface area contributed by atoms with Gasteiger partial charge in [-0.2, -0.15) is 0 Å². The van der Waals surface area contributed by atoms with Crippen molar-refractivity contribution in [3.8, 4) is 0 Å². The molecule has 1 aromatic rings. The second-order valence-corrected chi connectivity index (χ2v) is 6.19. The lowest BCUT2D eigenvalue weighted by Crippen LogP contribution is -2.40. The van der Waals surface area contributed by atoms with E-state index in [9.17, 15) is 4.79 Å². The highest BCUT2D eigenvalue weighted by molar-refractivity contribution is 5.94. The van der Waals surface area contributed by atoms with Crippen LogP contribution >= 0.6 is 0 Å². The number of benzene rings is 1. The first kappa shape index (κ1) is 13.6. The third kappa shape index (κ3) is 2.73. The van der Waals surface area contributed by atoms with Gasteiger partial charge in [-0.05, 0) is 55.7 Å². The standard InChI is InChI=1S/C17H24N2O/c18-15-10-4-3-9-14(15)17(20)19-16-11-5-7-12-6-1-2-8-13(12)16/h5,7,11,14-15H,1-4,6,8-10,18H2,(H,19,20). The minimum Gasteiger partial charge on any atom is -0.327 e.